The number of rotatable bonds is 7. The lowest BCUT2D eigenvalue weighted by Gasteiger charge is -2.39. The molecule has 16 heteroatoms. The highest BCUT2D eigenvalue weighted by Gasteiger charge is 2.81. The van der Waals surface area contributed by atoms with Gasteiger partial charge in [0.1, 0.15) is 18.3 Å². The van der Waals surface area contributed by atoms with E-state index in [4.69, 9.17) is 5.11 Å². The van der Waals surface area contributed by atoms with Crippen LogP contribution >= 0.6 is 0 Å². The molecule has 5 atom stereocenters. The second-order valence-corrected chi connectivity index (χ2v) is 5.71. The highest BCUT2D eigenvalue weighted by Crippen LogP contribution is 2.54. The predicted octanol–water partition coefficient (Wildman–Crippen LogP) is 0.753. The van der Waals surface area contributed by atoms with Crippen molar-refractivity contribution in [3.8, 4) is 0 Å². The number of aliphatic carboxylic acids is 1. The van der Waals surface area contributed by atoms with Crippen molar-refractivity contribution in [2.45, 2.75) is 61.1 Å². The molecular formula is C12H13F9O7. The average Bonchev–Trinajstić information content (AvgIpc) is 2.52. The third-order valence-corrected chi connectivity index (χ3v) is 3.72. The first-order valence-corrected chi connectivity index (χ1v) is 7.12. The number of carboxylic acid groups (broad SMARTS) is 1. The maximum atomic E-state index is 13.3. The van der Waals surface area contributed by atoms with E-state index in [2.05, 4.69) is 9.47 Å². The Balaban J connectivity index is 2.84. The van der Waals surface area contributed by atoms with Crippen molar-refractivity contribution in [3.05, 3.63) is 0 Å². The van der Waals surface area contributed by atoms with Crippen molar-refractivity contribution in [1.29, 1.82) is 0 Å². The summed E-state index contributed by atoms with van der Waals surface area (Å²) in [5.74, 6) is -21.8. The molecule has 0 unspecified atom stereocenters. The molecule has 0 aromatic heterocycles. The fourth-order valence-corrected chi connectivity index (χ4v) is 2.06. The minimum atomic E-state index is -7.08. The highest BCUT2D eigenvalue weighted by molar-refractivity contribution is 5.73. The zero-order valence-electron chi connectivity index (χ0n) is 13.2. The summed E-state index contributed by atoms with van der Waals surface area (Å²) in [6.45, 7) is -1.71. The Morgan fingerprint density at radius 3 is 1.79 bits per heavy atom. The molecule has 0 radical (unpaired) electrons. The molecule has 1 aliphatic rings. The van der Waals surface area contributed by atoms with E-state index in [1.54, 1.807) is 0 Å². The zero-order chi connectivity index (χ0) is 22.3. The van der Waals surface area contributed by atoms with Crippen molar-refractivity contribution in [2.24, 2.45) is 0 Å². The molecule has 28 heavy (non-hydrogen) atoms. The largest absolute Gasteiger partial charge is 0.479 e. The van der Waals surface area contributed by atoms with Crippen LogP contribution in [0.15, 0.2) is 0 Å². The van der Waals surface area contributed by atoms with Crippen LogP contribution in [0.1, 0.15) is 6.42 Å². The van der Waals surface area contributed by atoms with Gasteiger partial charge in [-0.05, 0) is 0 Å². The van der Waals surface area contributed by atoms with Gasteiger partial charge >= 0.3 is 29.9 Å². The van der Waals surface area contributed by atoms with Gasteiger partial charge in [0.2, 0.25) is 0 Å². The van der Waals surface area contributed by atoms with E-state index in [1.807, 2.05) is 0 Å². The second-order valence-electron chi connectivity index (χ2n) is 5.71. The van der Waals surface area contributed by atoms with E-state index in [9.17, 15) is 59.6 Å². The lowest BCUT2D eigenvalue weighted by Crippen LogP contribution is -2.61. The van der Waals surface area contributed by atoms with Gasteiger partial charge in [-0.3, -0.25) is 0 Å². The van der Waals surface area contributed by atoms with E-state index >= 15 is 0 Å². The summed E-state index contributed by atoms with van der Waals surface area (Å²) in [5.41, 5.74) is 0. The molecule has 166 valence electrons. The fraction of sp³-hybridized carbons (Fsp3) is 0.917. The van der Waals surface area contributed by atoms with Gasteiger partial charge in [-0.1, -0.05) is 0 Å². The number of aliphatic hydroxyl groups is 3. The summed E-state index contributed by atoms with van der Waals surface area (Å²) < 4.78 is 123. The Bertz CT molecular complexity index is 568. The highest BCUT2D eigenvalue weighted by atomic mass is 19.4. The van der Waals surface area contributed by atoms with Gasteiger partial charge in [-0.15, -0.1) is 0 Å². The van der Waals surface area contributed by atoms with E-state index in [0.717, 1.165) is 0 Å². The summed E-state index contributed by atoms with van der Waals surface area (Å²) in [6, 6.07) is 0. The van der Waals surface area contributed by atoms with Crippen LogP contribution in [0.3, 0.4) is 0 Å². The first kappa shape index (κ1) is 24.7. The molecule has 0 spiro atoms. The van der Waals surface area contributed by atoms with E-state index in [0.29, 0.717) is 0 Å². The maximum Gasteiger partial charge on any atom is 0.460 e. The molecule has 1 fully saturated rings. The summed E-state index contributed by atoms with van der Waals surface area (Å²) in [4.78, 5) is 10.8. The average molecular weight is 440 g/mol. The van der Waals surface area contributed by atoms with Gasteiger partial charge in [0.15, 0.2) is 12.4 Å². The molecular weight excluding hydrogens is 427 g/mol. The van der Waals surface area contributed by atoms with E-state index in [1.165, 1.54) is 0 Å². The number of carboxylic acids is 1. The van der Waals surface area contributed by atoms with Crippen molar-refractivity contribution >= 4 is 5.97 Å². The summed E-state index contributed by atoms with van der Waals surface area (Å²) in [6.07, 6.45) is -20.7. The van der Waals surface area contributed by atoms with Crippen LogP contribution in [0.5, 0.6) is 0 Å². The number of halogens is 9. The fourth-order valence-electron chi connectivity index (χ4n) is 2.06. The van der Waals surface area contributed by atoms with Crippen molar-refractivity contribution in [1.82, 2.24) is 0 Å². The lowest BCUT2D eigenvalue weighted by molar-refractivity contribution is -0.398. The van der Waals surface area contributed by atoms with Crippen LogP contribution in [0, 0.1) is 0 Å². The standard InChI is InChI=1S/C12H13F9O7/c13-9(14,10(15,16)11(17,18)12(19,20)21)1-2-27-8-5(24)3(22)4(23)6(28-8)7(25)26/h3-6,8,22-24H,1-2H2,(H,25,26)/t3-,4-,5+,6-,8+/m0/s1. The van der Waals surface area contributed by atoms with E-state index < -0.39 is 73.6 Å². The van der Waals surface area contributed by atoms with Crippen LogP contribution < -0.4 is 0 Å². The number of hydrogen-bond donors (Lipinski definition) is 4. The first-order valence-electron chi connectivity index (χ1n) is 7.12. The minimum absolute atomic E-state index is 1.71. The Morgan fingerprint density at radius 1 is 0.857 bits per heavy atom. The third-order valence-electron chi connectivity index (χ3n) is 3.72. The van der Waals surface area contributed by atoms with Crippen LogP contribution in [-0.2, 0) is 14.3 Å². The molecule has 4 N–H and O–H groups in total. The zero-order valence-corrected chi connectivity index (χ0v) is 13.2. The molecule has 1 rings (SSSR count). The molecule has 1 saturated heterocycles. The molecule has 1 aliphatic heterocycles. The smallest absolute Gasteiger partial charge is 0.460 e. The quantitative estimate of drug-likeness (QED) is 0.432. The normalized spacial score (nSPS) is 30.4. The number of ether oxygens (including phenoxy) is 2. The van der Waals surface area contributed by atoms with E-state index in [-0.39, 0.29) is 0 Å². The van der Waals surface area contributed by atoms with Gasteiger partial charge < -0.3 is 29.9 Å². The SMILES string of the molecule is O=C(O)[C@H]1O[C@@H](OCCC(F)(F)C(F)(F)C(F)(F)C(F)(F)F)[C@H](O)[C@@H](O)[C@@H]1O. The number of carbonyl (C=O) groups is 1. The van der Waals surface area contributed by atoms with Gasteiger partial charge in [-0.25, -0.2) is 4.79 Å². The Labute approximate surface area is 149 Å². The van der Waals surface area contributed by atoms with Crippen molar-refractivity contribution in [3.63, 3.8) is 0 Å². The molecule has 1 heterocycles. The van der Waals surface area contributed by atoms with Gasteiger partial charge in [0.25, 0.3) is 0 Å². The predicted molar refractivity (Wildman–Crippen MR) is 65.8 cm³/mol. The maximum absolute atomic E-state index is 13.3. The molecule has 0 amide bonds. The Morgan fingerprint density at radius 2 is 1.36 bits per heavy atom. The van der Waals surface area contributed by atoms with Crippen LogP contribution in [0.4, 0.5) is 39.5 Å². The number of hydrogen-bond acceptors (Lipinski definition) is 6. The van der Waals surface area contributed by atoms with Crippen LogP contribution in [0.2, 0.25) is 0 Å². The summed E-state index contributed by atoms with van der Waals surface area (Å²) >= 11 is 0. The Kier molecular flexibility index (Phi) is 6.88. The molecule has 0 aromatic rings. The summed E-state index contributed by atoms with van der Waals surface area (Å²) in [5, 5.41) is 36.9. The van der Waals surface area contributed by atoms with Gasteiger partial charge in [0.05, 0.1) is 6.61 Å². The monoisotopic (exact) mass is 440 g/mol. The molecule has 0 aliphatic carbocycles. The van der Waals surface area contributed by atoms with Crippen LogP contribution in [-0.4, -0.2) is 87.7 Å². The second kappa shape index (κ2) is 7.81. The van der Waals surface area contributed by atoms with Crippen molar-refractivity contribution < 1.29 is 74.2 Å². The minimum Gasteiger partial charge on any atom is -0.479 e. The molecule has 0 saturated carbocycles. The molecule has 0 aromatic carbocycles. The number of alkyl halides is 9. The van der Waals surface area contributed by atoms with Gasteiger partial charge in [0, 0.05) is 6.42 Å². The van der Waals surface area contributed by atoms with Gasteiger partial charge in [-0.2, -0.15) is 39.5 Å². The molecule has 7 nitrogen and oxygen atoms in total. The van der Waals surface area contributed by atoms with Crippen molar-refractivity contribution in [2.75, 3.05) is 6.61 Å². The number of aliphatic hydroxyl groups excluding tert-OH is 3. The first-order chi connectivity index (χ1) is 12.4. The third kappa shape index (κ3) is 4.29. The summed E-state index contributed by atoms with van der Waals surface area (Å²) in [7, 11) is 0. The van der Waals surface area contributed by atoms with Crippen LogP contribution in [0.25, 0.3) is 0 Å². The Hall–Kier alpha value is -1.36. The molecule has 0 bridgehead atoms. The topological polar surface area (TPSA) is 116 Å². The lowest BCUT2D eigenvalue weighted by atomic mass is 9.99.